The summed E-state index contributed by atoms with van der Waals surface area (Å²) in [4.78, 5) is 33.9. The monoisotopic (exact) mass is 464 g/mol. The van der Waals surface area contributed by atoms with Crippen molar-refractivity contribution in [2.24, 2.45) is 12.8 Å². The summed E-state index contributed by atoms with van der Waals surface area (Å²) < 4.78 is 4.81. The van der Waals surface area contributed by atoms with Gasteiger partial charge < -0.3 is 15.2 Å². The lowest BCUT2D eigenvalue weighted by Crippen LogP contribution is -2.44. The molecule has 2 aromatic heterocycles. The van der Waals surface area contributed by atoms with Crippen LogP contribution < -0.4 is 21.9 Å². The SMILES string of the molecule is CC(C)=CCn1c(N2CCCC(N)C2)nc2c1c(=O)n(CCc1cc(C)cc(C)c1)c(=O)n2C. The maximum absolute atomic E-state index is 13.7. The molecule has 1 aliphatic rings. The van der Waals surface area contributed by atoms with Gasteiger partial charge in [-0.2, -0.15) is 4.98 Å². The van der Waals surface area contributed by atoms with Crippen LogP contribution in [0.25, 0.3) is 11.2 Å². The molecule has 3 aromatic rings. The van der Waals surface area contributed by atoms with E-state index >= 15 is 0 Å². The van der Waals surface area contributed by atoms with Gasteiger partial charge in [0.2, 0.25) is 5.95 Å². The first-order chi connectivity index (χ1) is 16.2. The molecule has 2 N–H and O–H groups in total. The van der Waals surface area contributed by atoms with Gasteiger partial charge in [0.15, 0.2) is 11.2 Å². The molecular weight excluding hydrogens is 428 g/mol. The number of benzene rings is 1. The minimum Gasteiger partial charge on any atom is -0.341 e. The second kappa shape index (κ2) is 9.62. The number of nitrogens with zero attached hydrogens (tertiary/aromatic N) is 5. The Hall–Kier alpha value is -3.13. The lowest BCUT2D eigenvalue weighted by atomic mass is 10.1. The molecule has 0 aliphatic carbocycles. The topological polar surface area (TPSA) is 91.1 Å². The summed E-state index contributed by atoms with van der Waals surface area (Å²) >= 11 is 0. The Morgan fingerprint density at radius 2 is 1.85 bits per heavy atom. The normalized spacial score (nSPS) is 16.3. The quantitative estimate of drug-likeness (QED) is 0.567. The molecule has 0 spiro atoms. The highest BCUT2D eigenvalue weighted by Gasteiger charge is 2.26. The maximum Gasteiger partial charge on any atom is 0.332 e. The fourth-order valence-electron chi connectivity index (χ4n) is 4.89. The highest BCUT2D eigenvalue weighted by Crippen LogP contribution is 2.23. The molecule has 4 rings (SSSR count). The van der Waals surface area contributed by atoms with Crippen molar-refractivity contribution in [1.82, 2.24) is 18.7 Å². The van der Waals surface area contributed by atoms with Crippen LogP contribution in [0.1, 0.15) is 43.4 Å². The summed E-state index contributed by atoms with van der Waals surface area (Å²) in [5, 5.41) is 0. The van der Waals surface area contributed by atoms with E-state index in [1.54, 1.807) is 7.05 Å². The standard InChI is InChI=1S/C26H36N6O2/c1-17(2)8-11-31-22-23(28-25(31)30-10-6-7-21(27)16-30)29(5)26(34)32(24(22)33)12-9-20-14-18(3)13-19(4)15-20/h8,13-15,21H,6-7,9-12,16,27H2,1-5H3. The van der Waals surface area contributed by atoms with Crippen LogP contribution in [0.3, 0.4) is 0 Å². The summed E-state index contributed by atoms with van der Waals surface area (Å²) in [5.74, 6) is 0.710. The van der Waals surface area contributed by atoms with Gasteiger partial charge in [-0.25, -0.2) is 4.79 Å². The number of aromatic nitrogens is 4. The number of anilines is 1. The van der Waals surface area contributed by atoms with Crippen LogP contribution in [0.4, 0.5) is 5.95 Å². The van der Waals surface area contributed by atoms with E-state index in [0.29, 0.717) is 43.2 Å². The number of rotatable bonds is 6. The largest absolute Gasteiger partial charge is 0.341 e. The van der Waals surface area contributed by atoms with E-state index in [2.05, 4.69) is 43.0 Å². The summed E-state index contributed by atoms with van der Waals surface area (Å²) in [5.41, 5.74) is 11.1. The van der Waals surface area contributed by atoms with E-state index in [-0.39, 0.29) is 17.3 Å². The molecule has 8 nitrogen and oxygen atoms in total. The predicted octanol–water partition coefficient (Wildman–Crippen LogP) is 2.65. The molecule has 1 aromatic carbocycles. The minimum absolute atomic E-state index is 0.0729. The van der Waals surface area contributed by atoms with Gasteiger partial charge in [0, 0.05) is 39.3 Å². The summed E-state index contributed by atoms with van der Waals surface area (Å²) in [6.45, 7) is 10.5. The molecule has 34 heavy (non-hydrogen) atoms. The van der Waals surface area contributed by atoms with Crippen LogP contribution >= 0.6 is 0 Å². The highest BCUT2D eigenvalue weighted by molar-refractivity contribution is 5.74. The third-order valence-electron chi connectivity index (χ3n) is 6.54. The van der Waals surface area contributed by atoms with Crippen LogP contribution in [0, 0.1) is 13.8 Å². The molecular formula is C26H36N6O2. The Labute approximate surface area is 200 Å². The number of nitrogens with two attached hydrogens (primary N) is 1. The summed E-state index contributed by atoms with van der Waals surface area (Å²) in [7, 11) is 1.70. The Kier molecular flexibility index (Phi) is 6.79. The van der Waals surface area contributed by atoms with Crippen molar-refractivity contribution in [3.05, 3.63) is 67.4 Å². The number of fused-ring (bicyclic) bond motifs is 1. The molecule has 0 bridgehead atoms. The maximum atomic E-state index is 13.7. The molecule has 1 unspecified atom stereocenters. The third kappa shape index (κ3) is 4.73. The first-order valence-corrected chi connectivity index (χ1v) is 12.1. The average molecular weight is 465 g/mol. The number of aryl methyl sites for hydroxylation is 4. The fraction of sp³-hybridized carbons (Fsp3) is 0.500. The van der Waals surface area contributed by atoms with Crippen LogP contribution in [-0.4, -0.2) is 37.8 Å². The second-order valence-corrected chi connectivity index (χ2v) is 9.87. The molecule has 1 atom stereocenters. The molecule has 1 saturated heterocycles. The van der Waals surface area contributed by atoms with Crippen molar-refractivity contribution in [2.45, 2.75) is 66.1 Å². The Balaban J connectivity index is 1.83. The highest BCUT2D eigenvalue weighted by atomic mass is 16.2. The number of allylic oxidation sites excluding steroid dienone is 2. The molecule has 1 aliphatic heterocycles. The van der Waals surface area contributed by atoms with Crippen LogP contribution in [0.15, 0.2) is 39.4 Å². The lowest BCUT2D eigenvalue weighted by Gasteiger charge is -2.31. The number of piperidine rings is 1. The number of hydrogen-bond acceptors (Lipinski definition) is 5. The van der Waals surface area contributed by atoms with Crippen LogP contribution in [0.5, 0.6) is 0 Å². The van der Waals surface area contributed by atoms with E-state index in [1.165, 1.54) is 20.3 Å². The summed E-state index contributed by atoms with van der Waals surface area (Å²) in [6.07, 6.45) is 4.65. The first kappa shape index (κ1) is 24.0. The third-order valence-corrected chi connectivity index (χ3v) is 6.54. The smallest absolute Gasteiger partial charge is 0.332 e. The van der Waals surface area contributed by atoms with E-state index in [9.17, 15) is 9.59 Å². The van der Waals surface area contributed by atoms with Crippen molar-refractivity contribution >= 4 is 17.1 Å². The molecule has 0 saturated carbocycles. The Bertz CT molecular complexity index is 1340. The zero-order valence-electron chi connectivity index (χ0n) is 21.0. The molecule has 0 radical (unpaired) electrons. The number of hydrogen-bond donors (Lipinski definition) is 1. The van der Waals surface area contributed by atoms with Crippen molar-refractivity contribution in [2.75, 3.05) is 18.0 Å². The minimum atomic E-state index is -0.337. The Morgan fingerprint density at radius 3 is 2.50 bits per heavy atom. The number of imidazole rings is 1. The zero-order valence-corrected chi connectivity index (χ0v) is 21.0. The van der Waals surface area contributed by atoms with Crippen molar-refractivity contribution in [3.8, 4) is 0 Å². The van der Waals surface area contributed by atoms with Gasteiger partial charge in [-0.15, -0.1) is 0 Å². The van der Waals surface area contributed by atoms with E-state index in [4.69, 9.17) is 10.7 Å². The van der Waals surface area contributed by atoms with Crippen molar-refractivity contribution in [1.29, 1.82) is 0 Å². The fourth-order valence-corrected chi connectivity index (χ4v) is 4.89. The van der Waals surface area contributed by atoms with Crippen molar-refractivity contribution in [3.63, 3.8) is 0 Å². The molecule has 3 heterocycles. The van der Waals surface area contributed by atoms with E-state index < -0.39 is 0 Å². The second-order valence-electron chi connectivity index (χ2n) is 9.87. The first-order valence-electron chi connectivity index (χ1n) is 12.1. The van der Waals surface area contributed by atoms with Gasteiger partial charge >= 0.3 is 5.69 Å². The van der Waals surface area contributed by atoms with Gasteiger partial charge in [-0.3, -0.25) is 13.9 Å². The lowest BCUT2D eigenvalue weighted by molar-refractivity contribution is 0.495. The van der Waals surface area contributed by atoms with Gasteiger partial charge in [-0.1, -0.05) is 41.0 Å². The van der Waals surface area contributed by atoms with E-state index in [1.807, 2.05) is 18.4 Å². The van der Waals surface area contributed by atoms with Gasteiger partial charge in [0.05, 0.1) is 0 Å². The van der Waals surface area contributed by atoms with Gasteiger partial charge in [-0.05, 0) is 52.5 Å². The van der Waals surface area contributed by atoms with Crippen LogP contribution in [-0.2, 0) is 26.6 Å². The van der Waals surface area contributed by atoms with Crippen LogP contribution in [0.2, 0.25) is 0 Å². The summed E-state index contributed by atoms with van der Waals surface area (Å²) in [6, 6.07) is 6.41. The molecule has 182 valence electrons. The predicted molar refractivity (Wildman–Crippen MR) is 138 cm³/mol. The molecule has 8 heteroatoms. The van der Waals surface area contributed by atoms with Gasteiger partial charge in [0.25, 0.3) is 5.56 Å². The molecule has 0 amide bonds. The molecule has 1 fully saturated rings. The van der Waals surface area contributed by atoms with Crippen molar-refractivity contribution < 1.29 is 0 Å². The van der Waals surface area contributed by atoms with E-state index in [0.717, 1.165) is 30.5 Å². The zero-order chi connectivity index (χ0) is 24.6. The Morgan fingerprint density at radius 1 is 1.15 bits per heavy atom. The van der Waals surface area contributed by atoms with Gasteiger partial charge in [0.1, 0.15) is 0 Å². The average Bonchev–Trinajstić information content (AvgIpc) is 3.15.